The number of nitrogens with zero attached hydrogens (tertiary/aromatic N) is 4. The first-order chi connectivity index (χ1) is 17.6. The van der Waals surface area contributed by atoms with Crippen molar-refractivity contribution in [2.75, 3.05) is 17.2 Å². The molecule has 2 aliphatic rings. The number of amides is 2. The summed E-state index contributed by atoms with van der Waals surface area (Å²) in [5.74, 6) is 1.79. The molecule has 7 nitrogen and oxygen atoms in total. The molecule has 188 valence electrons. The molecule has 1 aliphatic carbocycles. The van der Waals surface area contributed by atoms with E-state index in [1.807, 2.05) is 4.57 Å². The molecular formula is C27H30FN5O2S. The molecule has 2 amide bonds. The van der Waals surface area contributed by atoms with E-state index in [1.165, 1.54) is 44.2 Å². The van der Waals surface area contributed by atoms with Crippen molar-refractivity contribution in [1.82, 2.24) is 20.1 Å². The van der Waals surface area contributed by atoms with Crippen LogP contribution in [0.2, 0.25) is 0 Å². The standard InChI is InChI=1S/C27H30FN5O2S/c28-21-10-14-23(15-11-21)33-24(30-31-27(33)36-18-19-5-2-1-3-6-19)17-29-26(35)20-8-12-22(13-9-20)32-16-4-7-25(32)34/h8-15,19H,1-7,16-18H2,(H,29,35). The maximum absolute atomic E-state index is 13.6. The van der Waals surface area contributed by atoms with Gasteiger partial charge in [-0.3, -0.25) is 14.2 Å². The smallest absolute Gasteiger partial charge is 0.251 e. The second-order valence-corrected chi connectivity index (χ2v) is 10.4. The van der Waals surface area contributed by atoms with E-state index in [4.69, 9.17) is 0 Å². The molecule has 0 spiro atoms. The lowest BCUT2D eigenvalue weighted by Crippen LogP contribution is -2.25. The molecule has 36 heavy (non-hydrogen) atoms. The SMILES string of the molecule is O=C(NCc1nnc(SCC2CCCCC2)n1-c1ccc(F)cc1)c1ccc(N2CCCC2=O)cc1. The van der Waals surface area contributed by atoms with Crippen molar-refractivity contribution in [3.8, 4) is 5.69 Å². The fourth-order valence-corrected chi connectivity index (χ4v) is 6.04. The van der Waals surface area contributed by atoms with Crippen molar-refractivity contribution in [2.24, 2.45) is 5.92 Å². The Bertz CT molecular complexity index is 1210. The number of benzene rings is 2. The lowest BCUT2D eigenvalue weighted by molar-refractivity contribution is -0.117. The zero-order chi connectivity index (χ0) is 24.9. The normalized spacial score (nSPS) is 16.5. The summed E-state index contributed by atoms with van der Waals surface area (Å²) in [6, 6.07) is 13.3. The zero-order valence-corrected chi connectivity index (χ0v) is 21.0. The van der Waals surface area contributed by atoms with Crippen LogP contribution in [0.25, 0.3) is 5.69 Å². The third-order valence-electron chi connectivity index (χ3n) is 6.88. The van der Waals surface area contributed by atoms with Crippen molar-refractivity contribution in [3.63, 3.8) is 0 Å². The molecule has 0 radical (unpaired) electrons. The van der Waals surface area contributed by atoms with Crippen molar-refractivity contribution in [1.29, 1.82) is 0 Å². The summed E-state index contributed by atoms with van der Waals surface area (Å²) in [4.78, 5) is 26.6. The van der Waals surface area contributed by atoms with E-state index in [0.29, 0.717) is 30.3 Å². The van der Waals surface area contributed by atoms with Crippen LogP contribution in [0, 0.1) is 11.7 Å². The number of hydrogen-bond donors (Lipinski definition) is 1. The summed E-state index contributed by atoms with van der Waals surface area (Å²) in [6.07, 6.45) is 7.78. The average Bonchev–Trinajstić information content (AvgIpc) is 3.53. The van der Waals surface area contributed by atoms with Gasteiger partial charge in [0.25, 0.3) is 5.91 Å². The Balaban J connectivity index is 1.28. The predicted octanol–water partition coefficient (Wildman–Crippen LogP) is 5.14. The summed E-state index contributed by atoms with van der Waals surface area (Å²) in [5, 5.41) is 12.4. The third kappa shape index (κ3) is 5.61. The molecule has 3 aromatic rings. The van der Waals surface area contributed by atoms with Gasteiger partial charge >= 0.3 is 0 Å². The quantitative estimate of drug-likeness (QED) is 0.427. The van der Waals surface area contributed by atoms with Gasteiger partial charge in [-0.2, -0.15) is 0 Å². The number of nitrogens with one attached hydrogen (secondary N) is 1. The van der Waals surface area contributed by atoms with E-state index in [0.717, 1.165) is 28.7 Å². The number of carbonyl (C=O) groups is 2. The minimum absolute atomic E-state index is 0.115. The highest BCUT2D eigenvalue weighted by Crippen LogP contribution is 2.31. The van der Waals surface area contributed by atoms with E-state index >= 15 is 0 Å². The van der Waals surface area contributed by atoms with E-state index in [1.54, 1.807) is 53.1 Å². The van der Waals surface area contributed by atoms with Gasteiger partial charge in [-0.15, -0.1) is 10.2 Å². The molecule has 9 heteroatoms. The van der Waals surface area contributed by atoms with Crippen molar-refractivity contribution in [3.05, 3.63) is 65.7 Å². The van der Waals surface area contributed by atoms with E-state index in [2.05, 4.69) is 15.5 Å². The average molecular weight is 508 g/mol. The number of rotatable bonds is 8. The van der Waals surface area contributed by atoms with Gasteiger partial charge in [0.2, 0.25) is 5.91 Å². The van der Waals surface area contributed by atoms with E-state index < -0.39 is 0 Å². The van der Waals surface area contributed by atoms with Crippen molar-refractivity contribution < 1.29 is 14.0 Å². The van der Waals surface area contributed by atoms with Crippen LogP contribution in [0.1, 0.15) is 61.1 Å². The second-order valence-electron chi connectivity index (χ2n) is 9.40. The molecule has 5 rings (SSSR count). The maximum Gasteiger partial charge on any atom is 0.251 e. The van der Waals surface area contributed by atoms with Gasteiger partial charge in [0.15, 0.2) is 11.0 Å². The Morgan fingerprint density at radius 1 is 0.972 bits per heavy atom. The number of halogens is 1. The highest BCUT2D eigenvalue weighted by atomic mass is 32.2. The van der Waals surface area contributed by atoms with Crippen LogP contribution in [0.4, 0.5) is 10.1 Å². The molecule has 1 aliphatic heterocycles. The first-order valence-electron chi connectivity index (χ1n) is 12.6. The summed E-state index contributed by atoms with van der Waals surface area (Å²) in [6.45, 7) is 0.893. The molecule has 0 atom stereocenters. The molecule has 1 saturated carbocycles. The maximum atomic E-state index is 13.6. The molecule has 2 fully saturated rings. The van der Waals surface area contributed by atoms with Crippen LogP contribution in [0.3, 0.4) is 0 Å². The van der Waals surface area contributed by atoms with Gasteiger partial charge in [-0.05, 0) is 73.7 Å². The van der Waals surface area contributed by atoms with Crippen molar-refractivity contribution >= 4 is 29.3 Å². The zero-order valence-electron chi connectivity index (χ0n) is 20.2. The Morgan fingerprint density at radius 2 is 1.69 bits per heavy atom. The highest BCUT2D eigenvalue weighted by Gasteiger charge is 2.22. The monoisotopic (exact) mass is 507 g/mol. The van der Waals surface area contributed by atoms with Gasteiger partial charge < -0.3 is 10.2 Å². The number of aromatic nitrogens is 3. The molecular weight excluding hydrogens is 477 g/mol. The van der Waals surface area contributed by atoms with Crippen LogP contribution in [0.5, 0.6) is 0 Å². The van der Waals surface area contributed by atoms with Crippen LogP contribution < -0.4 is 10.2 Å². The fourth-order valence-electron chi connectivity index (χ4n) is 4.88. The van der Waals surface area contributed by atoms with Crippen LogP contribution in [0.15, 0.2) is 53.7 Å². The molecule has 1 saturated heterocycles. The van der Waals surface area contributed by atoms with Crippen LogP contribution in [-0.2, 0) is 11.3 Å². The van der Waals surface area contributed by atoms with Gasteiger partial charge in [-0.25, -0.2) is 4.39 Å². The summed E-state index contributed by atoms with van der Waals surface area (Å²) < 4.78 is 15.5. The number of carbonyl (C=O) groups excluding carboxylic acids is 2. The predicted molar refractivity (Wildman–Crippen MR) is 138 cm³/mol. The first-order valence-corrected chi connectivity index (χ1v) is 13.6. The Labute approximate surface area is 214 Å². The molecule has 0 bridgehead atoms. The lowest BCUT2D eigenvalue weighted by atomic mass is 9.91. The van der Waals surface area contributed by atoms with Gasteiger partial charge in [0, 0.05) is 35.7 Å². The molecule has 1 N–H and O–H groups in total. The minimum Gasteiger partial charge on any atom is -0.345 e. The Kier molecular flexibility index (Phi) is 7.65. The summed E-state index contributed by atoms with van der Waals surface area (Å²) >= 11 is 1.67. The number of anilines is 1. The first kappa shape index (κ1) is 24.5. The molecule has 1 aromatic heterocycles. The van der Waals surface area contributed by atoms with Crippen LogP contribution in [-0.4, -0.2) is 38.9 Å². The van der Waals surface area contributed by atoms with Crippen LogP contribution >= 0.6 is 11.8 Å². The molecule has 2 aromatic carbocycles. The number of hydrogen-bond acceptors (Lipinski definition) is 5. The van der Waals surface area contributed by atoms with Gasteiger partial charge in [0.05, 0.1) is 6.54 Å². The van der Waals surface area contributed by atoms with E-state index in [-0.39, 0.29) is 24.2 Å². The van der Waals surface area contributed by atoms with E-state index in [9.17, 15) is 14.0 Å². The topological polar surface area (TPSA) is 80.1 Å². The Morgan fingerprint density at radius 3 is 2.39 bits per heavy atom. The van der Waals surface area contributed by atoms with Gasteiger partial charge in [0.1, 0.15) is 5.82 Å². The van der Waals surface area contributed by atoms with Gasteiger partial charge in [-0.1, -0.05) is 31.0 Å². The minimum atomic E-state index is -0.308. The Hall–Kier alpha value is -3.20. The largest absolute Gasteiger partial charge is 0.345 e. The molecule has 0 unspecified atom stereocenters. The summed E-state index contributed by atoms with van der Waals surface area (Å²) in [7, 11) is 0. The summed E-state index contributed by atoms with van der Waals surface area (Å²) in [5.41, 5.74) is 2.08. The third-order valence-corrected chi connectivity index (χ3v) is 8.04. The second kappa shape index (κ2) is 11.2. The highest BCUT2D eigenvalue weighted by molar-refractivity contribution is 7.99. The number of thioether (sulfide) groups is 1. The molecule has 2 heterocycles. The fraction of sp³-hybridized carbons (Fsp3) is 0.407. The van der Waals surface area contributed by atoms with Crippen molar-refractivity contribution in [2.45, 2.75) is 56.6 Å². The lowest BCUT2D eigenvalue weighted by Gasteiger charge is -2.20.